The average Bonchev–Trinajstić information content (AvgIpc) is 2.91. The van der Waals surface area contributed by atoms with Crippen LogP contribution in [0.25, 0.3) is 0 Å². The van der Waals surface area contributed by atoms with E-state index in [9.17, 15) is 0 Å². The first-order valence-electron chi connectivity index (χ1n) is 7.06. The maximum Gasteiger partial charge on any atom is 0.123 e. The summed E-state index contributed by atoms with van der Waals surface area (Å²) in [7, 11) is 0. The van der Waals surface area contributed by atoms with Crippen molar-refractivity contribution in [2.45, 2.75) is 32.7 Å². The molecule has 0 amide bonds. The van der Waals surface area contributed by atoms with Crippen LogP contribution in [0.1, 0.15) is 37.6 Å². The Morgan fingerprint density at radius 2 is 2.15 bits per heavy atom. The molecule has 0 fully saturated rings. The zero-order valence-corrected chi connectivity index (χ0v) is 12.9. The third-order valence-corrected chi connectivity index (χ3v) is 4.03. The van der Waals surface area contributed by atoms with Crippen LogP contribution >= 0.6 is 11.3 Å². The summed E-state index contributed by atoms with van der Waals surface area (Å²) in [5.74, 6) is 0.816. The number of nitrogens with one attached hydrogen (secondary N) is 1. The molecule has 0 bridgehead atoms. The molecule has 1 aromatic carbocycles. The lowest BCUT2D eigenvalue weighted by molar-refractivity contribution is 0.340. The molecule has 4 heteroatoms. The summed E-state index contributed by atoms with van der Waals surface area (Å²) in [6.07, 6.45) is 2.23. The fourth-order valence-corrected chi connectivity index (χ4v) is 3.03. The molecule has 0 aliphatic carbocycles. The zero-order valence-electron chi connectivity index (χ0n) is 12.1. The van der Waals surface area contributed by atoms with E-state index >= 15 is 0 Å². The summed E-state index contributed by atoms with van der Waals surface area (Å²) in [6.45, 7) is 4.82. The Bertz CT molecular complexity index is 525. The molecule has 0 spiro atoms. The van der Waals surface area contributed by atoms with Gasteiger partial charge >= 0.3 is 0 Å². The highest BCUT2D eigenvalue weighted by Crippen LogP contribution is 2.30. The molecule has 1 heterocycles. The molecule has 3 N–H and O–H groups in total. The second-order valence-corrected chi connectivity index (χ2v) is 5.70. The van der Waals surface area contributed by atoms with Crippen molar-refractivity contribution in [1.82, 2.24) is 0 Å². The van der Waals surface area contributed by atoms with E-state index in [0.29, 0.717) is 12.6 Å². The van der Waals surface area contributed by atoms with E-state index in [1.54, 1.807) is 11.3 Å². The summed E-state index contributed by atoms with van der Waals surface area (Å²) in [6, 6.07) is 10.4. The summed E-state index contributed by atoms with van der Waals surface area (Å²) in [4.78, 5) is 1.35. The minimum Gasteiger partial charge on any atom is -0.494 e. The highest BCUT2D eigenvalue weighted by atomic mass is 32.1. The number of nitrogens with two attached hydrogens (primary N) is 1. The number of nitrogen functional groups attached to an aromatic ring is 1. The number of ether oxygens (including phenoxy) is 1. The van der Waals surface area contributed by atoms with Gasteiger partial charge < -0.3 is 15.8 Å². The van der Waals surface area contributed by atoms with Crippen LogP contribution in [0.4, 0.5) is 11.4 Å². The molecule has 3 nitrogen and oxygen atoms in total. The van der Waals surface area contributed by atoms with Gasteiger partial charge in [-0.1, -0.05) is 19.4 Å². The molecule has 20 heavy (non-hydrogen) atoms. The molecule has 0 aliphatic heterocycles. The molecule has 0 saturated heterocycles. The SMILES string of the molecule is CCCC(Nc1cc(N)cc(OCC)c1)c1cccs1. The van der Waals surface area contributed by atoms with Crippen LogP contribution in [0.3, 0.4) is 0 Å². The Morgan fingerprint density at radius 1 is 1.30 bits per heavy atom. The minimum atomic E-state index is 0.330. The molecule has 2 rings (SSSR count). The van der Waals surface area contributed by atoms with E-state index in [1.807, 2.05) is 25.1 Å². The van der Waals surface area contributed by atoms with E-state index in [-0.39, 0.29) is 0 Å². The van der Waals surface area contributed by atoms with Crippen LogP contribution in [0.5, 0.6) is 5.75 Å². The van der Waals surface area contributed by atoms with Crippen LogP contribution < -0.4 is 15.8 Å². The first kappa shape index (κ1) is 14.7. The summed E-state index contributed by atoms with van der Waals surface area (Å²) in [5.41, 5.74) is 7.68. The maximum atomic E-state index is 5.94. The van der Waals surface area contributed by atoms with E-state index in [0.717, 1.165) is 30.0 Å². The van der Waals surface area contributed by atoms with E-state index in [4.69, 9.17) is 10.5 Å². The summed E-state index contributed by atoms with van der Waals surface area (Å²) in [5, 5.41) is 5.69. The monoisotopic (exact) mass is 290 g/mol. The van der Waals surface area contributed by atoms with Gasteiger partial charge in [-0.15, -0.1) is 11.3 Å². The van der Waals surface area contributed by atoms with Crippen LogP contribution in [0.2, 0.25) is 0 Å². The van der Waals surface area contributed by atoms with Gasteiger partial charge in [-0.2, -0.15) is 0 Å². The fourth-order valence-electron chi connectivity index (χ4n) is 2.22. The van der Waals surface area contributed by atoms with Gasteiger partial charge in [0, 0.05) is 28.4 Å². The fraction of sp³-hybridized carbons (Fsp3) is 0.375. The molecule has 1 aromatic heterocycles. The molecular weight excluding hydrogens is 268 g/mol. The third kappa shape index (κ3) is 3.90. The summed E-state index contributed by atoms with van der Waals surface area (Å²) >= 11 is 1.78. The number of benzene rings is 1. The van der Waals surface area contributed by atoms with E-state index < -0.39 is 0 Å². The standard InChI is InChI=1S/C16H22N2OS/c1-3-6-15(16-7-5-8-20-16)18-13-9-12(17)10-14(11-13)19-4-2/h5,7-11,15,18H,3-4,6,17H2,1-2H3. The molecule has 0 radical (unpaired) electrons. The van der Waals surface area contributed by atoms with Gasteiger partial charge in [0.2, 0.25) is 0 Å². The number of hydrogen-bond donors (Lipinski definition) is 2. The predicted octanol–water partition coefficient (Wildman–Crippen LogP) is 4.68. The molecule has 2 aromatic rings. The average molecular weight is 290 g/mol. The third-order valence-electron chi connectivity index (χ3n) is 3.04. The molecular formula is C16H22N2OS. The Kier molecular flexibility index (Phi) is 5.30. The Balaban J connectivity index is 2.17. The van der Waals surface area contributed by atoms with Crippen LogP contribution in [0.15, 0.2) is 35.7 Å². The number of anilines is 2. The van der Waals surface area contributed by atoms with Crippen molar-refractivity contribution in [3.05, 3.63) is 40.6 Å². The Morgan fingerprint density at radius 3 is 2.80 bits per heavy atom. The lowest BCUT2D eigenvalue weighted by atomic mass is 10.1. The topological polar surface area (TPSA) is 47.3 Å². The Hall–Kier alpha value is -1.68. The molecule has 0 saturated carbocycles. The van der Waals surface area contributed by atoms with Gasteiger partial charge in [-0.25, -0.2) is 0 Å². The molecule has 1 atom stereocenters. The molecule has 108 valence electrons. The normalized spacial score (nSPS) is 12.1. The highest BCUT2D eigenvalue weighted by Gasteiger charge is 2.12. The van der Waals surface area contributed by atoms with Crippen LogP contribution in [-0.2, 0) is 0 Å². The van der Waals surface area contributed by atoms with Crippen LogP contribution in [0, 0.1) is 0 Å². The zero-order chi connectivity index (χ0) is 14.4. The number of rotatable bonds is 7. The van der Waals surface area contributed by atoms with Gasteiger partial charge in [0.25, 0.3) is 0 Å². The second kappa shape index (κ2) is 7.20. The lowest BCUT2D eigenvalue weighted by Crippen LogP contribution is -2.09. The lowest BCUT2D eigenvalue weighted by Gasteiger charge is -2.19. The smallest absolute Gasteiger partial charge is 0.123 e. The number of thiophene rings is 1. The van der Waals surface area contributed by atoms with E-state index in [1.165, 1.54) is 4.88 Å². The Labute approximate surface area is 124 Å². The van der Waals surface area contributed by atoms with E-state index in [2.05, 4.69) is 29.8 Å². The molecule has 0 aliphatic rings. The maximum absolute atomic E-state index is 5.94. The first-order chi connectivity index (χ1) is 9.72. The van der Waals surface area contributed by atoms with Crippen molar-refractivity contribution >= 4 is 22.7 Å². The predicted molar refractivity (Wildman–Crippen MR) is 87.6 cm³/mol. The van der Waals surface area contributed by atoms with Gasteiger partial charge in [-0.05, 0) is 30.9 Å². The highest BCUT2D eigenvalue weighted by molar-refractivity contribution is 7.10. The summed E-state index contributed by atoms with van der Waals surface area (Å²) < 4.78 is 5.54. The van der Waals surface area contributed by atoms with Gasteiger partial charge in [0.05, 0.1) is 12.6 Å². The van der Waals surface area contributed by atoms with Gasteiger partial charge in [0.15, 0.2) is 0 Å². The van der Waals surface area contributed by atoms with Crippen LogP contribution in [-0.4, -0.2) is 6.61 Å². The first-order valence-corrected chi connectivity index (χ1v) is 7.94. The van der Waals surface area contributed by atoms with Gasteiger partial charge in [0.1, 0.15) is 5.75 Å². The van der Waals surface area contributed by atoms with Crippen molar-refractivity contribution in [2.24, 2.45) is 0 Å². The number of hydrogen-bond acceptors (Lipinski definition) is 4. The quantitative estimate of drug-likeness (QED) is 0.728. The van der Waals surface area contributed by atoms with Crippen molar-refractivity contribution in [2.75, 3.05) is 17.7 Å². The molecule has 1 unspecified atom stereocenters. The second-order valence-electron chi connectivity index (χ2n) is 4.72. The largest absolute Gasteiger partial charge is 0.494 e. The van der Waals surface area contributed by atoms with Crippen molar-refractivity contribution < 1.29 is 4.74 Å². The minimum absolute atomic E-state index is 0.330. The van der Waals surface area contributed by atoms with Crippen molar-refractivity contribution in [3.63, 3.8) is 0 Å². The van der Waals surface area contributed by atoms with Gasteiger partial charge in [-0.3, -0.25) is 0 Å². The van der Waals surface area contributed by atoms with Crippen molar-refractivity contribution in [1.29, 1.82) is 0 Å². The van der Waals surface area contributed by atoms with Crippen molar-refractivity contribution in [3.8, 4) is 5.75 Å².